The molecular weight excluding hydrogens is 214 g/mol. The Morgan fingerprint density at radius 1 is 1.29 bits per heavy atom. The maximum absolute atomic E-state index is 12.3. The van der Waals surface area contributed by atoms with Gasteiger partial charge in [-0.15, -0.1) is 0 Å². The molecule has 100 valence electrons. The average molecular weight is 241 g/mol. The van der Waals surface area contributed by atoms with Gasteiger partial charge >= 0.3 is 0 Å². The standard InChI is InChI=1S/C13H27N3O/c1-11(7-8-14)15(3)12(2)13(17)16-9-5-4-6-10-16/h11-12H,4-10,14H2,1-3H3. The second-order valence-corrected chi connectivity index (χ2v) is 5.15. The lowest BCUT2D eigenvalue weighted by Gasteiger charge is -2.35. The highest BCUT2D eigenvalue weighted by Crippen LogP contribution is 2.13. The Morgan fingerprint density at radius 3 is 2.41 bits per heavy atom. The van der Waals surface area contributed by atoms with E-state index in [1.54, 1.807) is 0 Å². The van der Waals surface area contributed by atoms with Crippen molar-refractivity contribution in [1.82, 2.24) is 9.80 Å². The molecule has 1 rings (SSSR count). The Kier molecular flexibility index (Phi) is 5.92. The van der Waals surface area contributed by atoms with Crippen molar-refractivity contribution < 1.29 is 4.79 Å². The third kappa shape index (κ3) is 3.96. The monoisotopic (exact) mass is 241 g/mol. The van der Waals surface area contributed by atoms with Gasteiger partial charge in [-0.1, -0.05) is 0 Å². The lowest BCUT2D eigenvalue weighted by molar-refractivity contribution is -0.137. The minimum atomic E-state index is -0.0327. The smallest absolute Gasteiger partial charge is 0.239 e. The predicted molar refractivity (Wildman–Crippen MR) is 70.8 cm³/mol. The zero-order chi connectivity index (χ0) is 12.8. The molecule has 2 N–H and O–H groups in total. The van der Waals surface area contributed by atoms with Crippen molar-refractivity contribution in [3.63, 3.8) is 0 Å². The number of carbonyl (C=O) groups excluding carboxylic acids is 1. The molecule has 4 nitrogen and oxygen atoms in total. The van der Waals surface area contributed by atoms with Crippen LogP contribution >= 0.6 is 0 Å². The van der Waals surface area contributed by atoms with Gasteiger partial charge in [0.15, 0.2) is 0 Å². The predicted octanol–water partition coefficient (Wildman–Crippen LogP) is 1.06. The van der Waals surface area contributed by atoms with Crippen LogP contribution in [0.5, 0.6) is 0 Å². The summed E-state index contributed by atoms with van der Waals surface area (Å²) >= 11 is 0. The molecule has 1 aliphatic rings. The molecule has 0 radical (unpaired) electrons. The minimum absolute atomic E-state index is 0.0327. The molecule has 0 aromatic carbocycles. The van der Waals surface area contributed by atoms with Crippen LogP contribution in [-0.4, -0.2) is 54.5 Å². The van der Waals surface area contributed by atoms with Crippen molar-refractivity contribution in [3.8, 4) is 0 Å². The van der Waals surface area contributed by atoms with Gasteiger partial charge in [-0.05, 0) is 53.1 Å². The first-order valence-corrected chi connectivity index (χ1v) is 6.78. The van der Waals surface area contributed by atoms with Crippen LogP contribution in [0.25, 0.3) is 0 Å². The van der Waals surface area contributed by atoms with Crippen molar-refractivity contribution in [1.29, 1.82) is 0 Å². The topological polar surface area (TPSA) is 49.6 Å². The number of hydrogen-bond acceptors (Lipinski definition) is 3. The number of likely N-dealkylation sites (N-methyl/N-ethyl adjacent to an activating group) is 1. The van der Waals surface area contributed by atoms with Crippen LogP contribution in [0.4, 0.5) is 0 Å². The number of rotatable bonds is 5. The van der Waals surface area contributed by atoms with Crippen molar-refractivity contribution in [2.24, 2.45) is 5.73 Å². The largest absolute Gasteiger partial charge is 0.341 e. The number of nitrogens with two attached hydrogens (primary N) is 1. The lowest BCUT2D eigenvalue weighted by Crippen LogP contribution is -2.50. The van der Waals surface area contributed by atoms with Crippen LogP contribution in [0.3, 0.4) is 0 Å². The van der Waals surface area contributed by atoms with Gasteiger partial charge in [0.05, 0.1) is 6.04 Å². The molecule has 1 heterocycles. The summed E-state index contributed by atoms with van der Waals surface area (Å²) < 4.78 is 0. The maximum atomic E-state index is 12.3. The fourth-order valence-electron chi connectivity index (χ4n) is 2.38. The van der Waals surface area contributed by atoms with E-state index in [0.717, 1.165) is 32.4 Å². The average Bonchev–Trinajstić information content (AvgIpc) is 2.37. The van der Waals surface area contributed by atoms with E-state index in [-0.39, 0.29) is 11.9 Å². The zero-order valence-corrected chi connectivity index (χ0v) is 11.5. The maximum Gasteiger partial charge on any atom is 0.239 e. The van der Waals surface area contributed by atoms with E-state index >= 15 is 0 Å². The quantitative estimate of drug-likeness (QED) is 0.783. The molecule has 2 atom stereocenters. The van der Waals surface area contributed by atoms with Crippen LogP contribution in [0, 0.1) is 0 Å². The summed E-state index contributed by atoms with van der Waals surface area (Å²) in [4.78, 5) is 16.5. The molecule has 1 amide bonds. The van der Waals surface area contributed by atoms with Gasteiger partial charge in [0.25, 0.3) is 0 Å². The number of amides is 1. The van der Waals surface area contributed by atoms with Gasteiger partial charge in [-0.3, -0.25) is 9.69 Å². The molecule has 1 saturated heterocycles. The molecule has 1 aliphatic heterocycles. The number of carbonyl (C=O) groups is 1. The van der Waals surface area contributed by atoms with Crippen LogP contribution in [0.15, 0.2) is 0 Å². The summed E-state index contributed by atoms with van der Waals surface area (Å²) in [7, 11) is 2.02. The van der Waals surface area contributed by atoms with Crippen molar-refractivity contribution in [2.45, 2.75) is 51.6 Å². The number of hydrogen-bond donors (Lipinski definition) is 1. The van der Waals surface area contributed by atoms with Crippen molar-refractivity contribution in [2.75, 3.05) is 26.7 Å². The summed E-state index contributed by atoms with van der Waals surface area (Å²) in [6, 6.07) is 0.332. The molecule has 0 aromatic heterocycles. The van der Waals surface area contributed by atoms with E-state index in [0.29, 0.717) is 12.6 Å². The summed E-state index contributed by atoms with van der Waals surface area (Å²) in [6.07, 6.45) is 4.51. The normalized spacial score (nSPS) is 20.4. The molecule has 0 bridgehead atoms. The van der Waals surface area contributed by atoms with E-state index < -0.39 is 0 Å². The molecule has 0 aliphatic carbocycles. The van der Waals surface area contributed by atoms with Gasteiger partial charge in [0.1, 0.15) is 0 Å². The van der Waals surface area contributed by atoms with Crippen LogP contribution < -0.4 is 5.73 Å². The highest BCUT2D eigenvalue weighted by molar-refractivity contribution is 5.81. The van der Waals surface area contributed by atoms with E-state index in [9.17, 15) is 4.79 Å². The third-order valence-electron chi connectivity index (χ3n) is 3.92. The fraction of sp³-hybridized carbons (Fsp3) is 0.923. The molecule has 0 aromatic rings. The third-order valence-corrected chi connectivity index (χ3v) is 3.92. The first kappa shape index (κ1) is 14.5. The Labute approximate surface area is 105 Å². The number of piperidine rings is 1. The van der Waals surface area contributed by atoms with Crippen LogP contribution in [0.2, 0.25) is 0 Å². The van der Waals surface area contributed by atoms with Gasteiger partial charge in [-0.2, -0.15) is 0 Å². The second kappa shape index (κ2) is 6.97. The van der Waals surface area contributed by atoms with E-state index in [2.05, 4.69) is 11.8 Å². The highest BCUT2D eigenvalue weighted by Gasteiger charge is 2.26. The number of likely N-dealkylation sites (tertiary alicyclic amines) is 1. The Bertz CT molecular complexity index is 239. The summed E-state index contributed by atoms with van der Waals surface area (Å²) in [6.45, 7) is 6.68. The number of nitrogens with zero attached hydrogens (tertiary/aromatic N) is 2. The SMILES string of the molecule is CC(CCN)N(C)C(C)C(=O)N1CCCCC1. The molecule has 0 spiro atoms. The Morgan fingerprint density at radius 2 is 1.88 bits per heavy atom. The zero-order valence-electron chi connectivity index (χ0n) is 11.5. The minimum Gasteiger partial charge on any atom is -0.341 e. The van der Waals surface area contributed by atoms with Gasteiger partial charge in [0.2, 0.25) is 5.91 Å². The molecule has 1 fully saturated rings. The van der Waals surface area contributed by atoms with Crippen LogP contribution in [-0.2, 0) is 4.79 Å². The summed E-state index contributed by atoms with van der Waals surface area (Å²) in [5.41, 5.74) is 5.56. The summed E-state index contributed by atoms with van der Waals surface area (Å²) in [5, 5.41) is 0. The van der Waals surface area contributed by atoms with Gasteiger partial charge in [0, 0.05) is 19.1 Å². The molecule has 0 saturated carbocycles. The van der Waals surface area contributed by atoms with Gasteiger partial charge < -0.3 is 10.6 Å². The van der Waals surface area contributed by atoms with E-state index in [4.69, 9.17) is 5.73 Å². The Hall–Kier alpha value is -0.610. The van der Waals surface area contributed by atoms with E-state index in [1.165, 1.54) is 6.42 Å². The lowest BCUT2D eigenvalue weighted by atomic mass is 10.1. The Balaban J connectivity index is 2.49. The fourth-order valence-corrected chi connectivity index (χ4v) is 2.38. The van der Waals surface area contributed by atoms with Crippen LogP contribution in [0.1, 0.15) is 39.5 Å². The molecule has 17 heavy (non-hydrogen) atoms. The first-order chi connectivity index (χ1) is 8.07. The van der Waals surface area contributed by atoms with Crippen molar-refractivity contribution in [3.05, 3.63) is 0 Å². The van der Waals surface area contributed by atoms with Crippen molar-refractivity contribution >= 4 is 5.91 Å². The summed E-state index contributed by atoms with van der Waals surface area (Å²) in [5.74, 6) is 0.274. The molecular formula is C13H27N3O. The second-order valence-electron chi connectivity index (χ2n) is 5.15. The van der Waals surface area contributed by atoms with E-state index in [1.807, 2.05) is 18.9 Å². The first-order valence-electron chi connectivity index (χ1n) is 6.78. The van der Waals surface area contributed by atoms with Gasteiger partial charge in [-0.25, -0.2) is 0 Å². The molecule has 2 unspecified atom stereocenters. The highest BCUT2D eigenvalue weighted by atomic mass is 16.2. The molecule has 4 heteroatoms.